The Balaban J connectivity index is 1.52. The van der Waals surface area contributed by atoms with Crippen LogP contribution in [0.2, 0.25) is 0 Å². The summed E-state index contributed by atoms with van der Waals surface area (Å²) in [6, 6.07) is 0. The van der Waals surface area contributed by atoms with Crippen molar-refractivity contribution in [2.75, 3.05) is 34.2 Å². The quantitative estimate of drug-likeness (QED) is 0.250. The number of methoxy groups -OCH3 is 2. The molecule has 1 unspecified atom stereocenters. The van der Waals surface area contributed by atoms with Gasteiger partial charge >= 0.3 is 12.1 Å². The highest BCUT2D eigenvalue weighted by Crippen LogP contribution is 2.68. The molecule has 0 aromatic carbocycles. The minimum Gasteiger partial charge on any atom is -0.462 e. The SMILES string of the molecule is COCO[C@@H]1CC2=C[C@@H](OC(=O)OC)[C@H]3[C@@H]4CC[C@H](C(C)C5OCCO5)[C@@]4(C)CC[C@@H]3[C@@]2(C)[C@@H](OC(C)=O)C1. The first-order chi connectivity index (χ1) is 18.6. The molecule has 0 radical (unpaired) electrons. The van der Waals surface area contributed by atoms with E-state index in [0.717, 1.165) is 31.3 Å². The largest absolute Gasteiger partial charge is 0.508 e. The average Bonchev–Trinajstić information content (AvgIpc) is 3.56. The van der Waals surface area contributed by atoms with Gasteiger partial charge in [-0.25, -0.2) is 4.79 Å². The molecule has 0 bridgehead atoms. The maximum Gasteiger partial charge on any atom is 0.508 e. The summed E-state index contributed by atoms with van der Waals surface area (Å²) >= 11 is 0. The Morgan fingerprint density at radius 2 is 1.82 bits per heavy atom. The zero-order valence-electron chi connectivity index (χ0n) is 24.3. The van der Waals surface area contributed by atoms with Gasteiger partial charge in [0.15, 0.2) is 6.29 Å². The van der Waals surface area contributed by atoms with Gasteiger partial charge in [-0.05, 0) is 61.3 Å². The van der Waals surface area contributed by atoms with E-state index in [-0.39, 0.29) is 59.8 Å². The lowest BCUT2D eigenvalue weighted by Crippen LogP contribution is -2.60. The molecule has 0 spiro atoms. The minimum atomic E-state index is -0.665. The summed E-state index contributed by atoms with van der Waals surface area (Å²) < 4.78 is 40.1. The summed E-state index contributed by atoms with van der Waals surface area (Å²) in [5.74, 6) is 1.07. The summed E-state index contributed by atoms with van der Waals surface area (Å²) in [4.78, 5) is 24.8. The van der Waals surface area contributed by atoms with E-state index >= 15 is 0 Å². The Hall–Kier alpha value is -1.68. The zero-order valence-corrected chi connectivity index (χ0v) is 24.3. The van der Waals surface area contributed by atoms with Crippen LogP contribution in [0.15, 0.2) is 11.6 Å². The Morgan fingerprint density at radius 3 is 2.49 bits per heavy atom. The van der Waals surface area contributed by atoms with Crippen LogP contribution in [0, 0.1) is 40.4 Å². The molecule has 39 heavy (non-hydrogen) atoms. The molecule has 10 atom stereocenters. The van der Waals surface area contributed by atoms with Crippen LogP contribution in [-0.2, 0) is 38.0 Å². The van der Waals surface area contributed by atoms with Gasteiger partial charge in [-0.3, -0.25) is 4.79 Å². The predicted octanol–water partition coefficient (Wildman–Crippen LogP) is 4.87. The lowest BCUT2D eigenvalue weighted by Gasteiger charge is -2.61. The summed E-state index contributed by atoms with van der Waals surface area (Å²) in [5.41, 5.74) is 0.822. The first-order valence-electron chi connectivity index (χ1n) is 14.6. The first-order valence-corrected chi connectivity index (χ1v) is 14.6. The van der Waals surface area contributed by atoms with E-state index in [4.69, 9.17) is 33.2 Å². The van der Waals surface area contributed by atoms with E-state index < -0.39 is 12.3 Å². The lowest BCUT2D eigenvalue weighted by atomic mass is 9.45. The molecule has 9 nitrogen and oxygen atoms in total. The van der Waals surface area contributed by atoms with Crippen LogP contribution in [0.25, 0.3) is 0 Å². The minimum absolute atomic E-state index is 0.0605. The topological polar surface area (TPSA) is 98.8 Å². The molecule has 4 aliphatic carbocycles. The molecule has 1 aliphatic heterocycles. The van der Waals surface area contributed by atoms with Gasteiger partial charge in [0.25, 0.3) is 0 Å². The van der Waals surface area contributed by atoms with Crippen molar-refractivity contribution >= 4 is 12.1 Å². The summed E-state index contributed by atoms with van der Waals surface area (Å²) in [7, 11) is 2.95. The lowest BCUT2D eigenvalue weighted by molar-refractivity contribution is -0.182. The summed E-state index contributed by atoms with van der Waals surface area (Å²) in [6.45, 7) is 9.89. The van der Waals surface area contributed by atoms with Gasteiger partial charge in [-0.1, -0.05) is 26.3 Å². The number of ether oxygens (including phenoxy) is 7. The third-order valence-electron chi connectivity index (χ3n) is 11.0. The van der Waals surface area contributed by atoms with Crippen molar-refractivity contribution in [3.05, 3.63) is 11.6 Å². The van der Waals surface area contributed by atoms with Gasteiger partial charge in [0, 0.05) is 37.7 Å². The highest BCUT2D eigenvalue weighted by atomic mass is 16.7. The second kappa shape index (κ2) is 11.3. The fourth-order valence-electron chi connectivity index (χ4n) is 9.33. The molecule has 220 valence electrons. The Kier molecular flexibility index (Phi) is 8.36. The van der Waals surface area contributed by atoms with E-state index in [1.54, 1.807) is 7.11 Å². The standard InChI is InChI=1S/C30H46O9/c1-17(27-35-11-12-36-27)21-7-8-22-26-23(9-10-29(21,22)3)30(4)19(14-24(26)39-28(32)34-6)13-20(37-16-33-5)15-25(30)38-18(2)31/h14,17,20-27H,7-13,15-16H2,1-6H3/t17?,20-,21-,22+,23+,24-,25+,26+,29-,30+/m1/s1. The van der Waals surface area contributed by atoms with Crippen LogP contribution in [0.3, 0.4) is 0 Å². The van der Waals surface area contributed by atoms with Gasteiger partial charge in [0.05, 0.1) is 26.4 Å². The van der Waals surface area contributed by atoms with Crippen molar-refractivity contribution in [1.82, 2.24) is 0 Å². The van der Waals surface area contributed by atoms with Crippen LogP contribution < -0.4 is 0 Å². The summed E-state index contributed by atoms with van der Waals surface area (Å²) in [6.07, 6.45) is 5.87. The second-order valence-electron chi connectivity index (χ2n) is 12.7. The van der Waals surface area contributed by atoms with Crippen molar-refractivity contribution < 1.29 is 42.7 Å². The average molecular weight is 551 g/mol. The van der Waals surface area contributed by atoms with Gasteiger partial charge in [-0.2, -0.15) is 0 Å². The van der Waals surface area contributed by atoms with Crippen LogP contribution in [0.1, 0.15) is 66.2 Å². The molecule has 4 fully saturated rings. The van der Waals surface area contributed by atoms with Crippen LogP contribution >= 0.6 is 0 Å². The second-order valence-corrected chi connectivity index (χ2v) is 12.7. The van der Waals surface area contributed by atoms with Crippen LogP contribution in [-0.4, -0.2) is 71.0 Å². The van der Waals surface area contributed by atoms with E-state index in [2.05, 4.69) is 26.8 Å². The molecular formula is C30H46O9. The third-order valence-corrected chi connectivity index (χ3v) is 11.0. The number of esters is 1. The smallest absolute Gasteiger partial charge is 0.462 e. The molecule has 0 aromatic rings. The molecule has 0 N–H and O–H groups in total. The summed E-state index contributed by atoms with van der Waals surface area (Å²) in [5, 5.41) is 0. The monoisotopic (exact) mass is 550 g/mol. The normalized spacial score (nSPS) is 42.5. The maximum atomic E-state index is 12.5. The number of fused-ring (bicyclic) bond motifs is 5. The number of carbonyl (C=O) groups excluding carboxylic acids is 2. The predicted molar refractivity (Wildman–Crippen MR) is 140 cm³/mol. The molecule has 5 rings (SSSR count). The molecule has 5 aliphatic rings. The zero-order chi connectivity index (χ0) is 27.9. The molecule has 3 saturated carbocycles. The number of rotatable bonds is 7. The molecule has 0 aromatic heterocycles. The van der Waals surface area contributed by atoms with E-state index in [1.807, 2.05) is 0 Å². The van der Waals surface area contributed by atoms with Gasteiger partial charge < -0.3 is 33.2 Å². The van der Waals surface area contributed by atoms with Crippen molar-refractivity contribution in [3.63, 3.8) is 0 Å². The van der Waals surface area contributed by atoms with Crippen LogP contribution in [0.4, 0.5) is 4.79 Å². The highest BCUT2D eigenvalue weighted by Gasteiger charge is 2.65. The number of carbonyl (C=O) groups is 2. The van der Waals surface area contributed by atoms with E-state index in [1.165, 1.54) is 14.0 Å². The van der Waals surface area contributed by atoms with Crippen LogP contribution in [0.5, 0.6) is 0 Å². The molecule has 1 heterocycles. The fraction of sp³-hybridized carbons (Fsp3) is 0.867. The molecular weight excluding hydrogens is 504 g/mol. The first kappa shape index (κ1) is 28.8. The molecule has 9 heteroatoms. The van der Waals surface area contributed by atoms with E-state index in [0.29, 0.717) is 37.9 Å². The third kappa shape index (κ3) is 5.02. The van der Waals surface area contributed by atoms with E-state index in [9.17, 15) is 9.59 Å². The number of hydrogen-bond donors (Lipinski definition) is 0. The Morgan fingerprint density at radius 1 is 1.08 bits per heavy atom. The molecule has 0 amide bonds. The van der Waals surface area contributed by atoms with Crippen molar-refractivity contribution in [1.29, 1.82) is 0 Å². The maximum absolute atomic E-state index is 12.5. The highest BCUT2D eigenvalue weighted by molar-refractivity contribution is 5.66. The van der Waals surface area contributed by atoms with Gasteiger partial charge in [0.1, 0.15) is 19.0 Å². The van der Waals surface area contributed by atoms with Gasteiger partial charge in [0.2, 0.25) is 0 Å². The number of hydrogen-bond acceptors (Lipinski definition) is 9. The Bertz CT molecular complexity index is 945. The van der Waals surface area contributed by atoms with Crippen molar-refractivity contribution in [3.8, 4) is 0 Å². The van der Waals surface area contributed by atoms with Crippen molar-refractivity contribution in [2.45, 2.75) is 90.8 Å². The van der Waals surface area contributed by atoms with Crippen molar-refractivity contribution in [2.24, 2.45) is 40.4 Å². The fourth-order valence-corrected chi connectivity index (χ4v) is 9.33. The Labute approximate surface area is 232 Å². The molecule has 1 saturated heterocycles. The van der Waals surface area contributed by atoms with Gasteiger partial charge in [-0.15, -0.1) is 0 Å².